The Balaban J connectivity index is 1.12. The van der Waals surface area contributed by atoms with Crippen molar-refractivity contribution in [3.63, 3.8) is 0 Å². The molecule has 0 aliphatic carbocycles. The SMILES string of the molecule is c1ccc(-c2ccc(N(c3ccc(-c4ccccc4)cc3)c3cccc(-c4cccc5c4c4ccccc4n5-c4ccc5ccccc5c4)c3)cc2)cc1. The van der Waals surface area contributed by atoms with Crippen LogP contribution in [0.1, 0.15) is 0 Å². The van der Waals surface area contributed by atoms with Crippen LogP contribution in [0.3, 0.4) is 0 Å². The van der Waals surface area contributed by atoms with Crippen LogP contribution < -0.4 is 4.90 Å². The summed E-state index contributed by atoms with van der Waals surface area (Å²) in [6.07, 6.45) is 0. The molecule has 54 heavy (non-hydrogen) atoms. The van der Waals surface area contributed by atoms with Crippen molar-refractivity contribution < 1.29 is 0 Å². The number of rotatable bonds is 7. The summed E-state index contributed by atoms with van der Waals surface area (Å²) in [5.74, 6) is 0. The maximum Gasteiger partial charge on any atom is 0.0547 e. The highest BCUT2D eigenvalue weighted by Crippen LogP contribution is 2.42. The molecule has 0 atom stereocenters. The average molecular weight is 689 g/mol. The number of hydrogen-bond acceptors (Lipinski definition) is 1. The maximum atomic E-state index is 2.42. The van der Waals surface area contributed by atoms with E-state index in [-0.39, 0.29) is 0 Å². The van der Waals surface area contributed by atoms with Crippen LogP contribution in [0.4, 0.5) is 17.1 Å². The number of fused-ring (bicyclic) bond motifs is 4. The fourth-order valence-corrected chi connectivity index (χ4v) is 7.98. The fraction of sp³-hybridized carbons (Fsp3) is 0. The van der Waals surface area contributed by atoms with Gasteiger partial charge in [-0.05, 0) is 105 Å². The Morgan fingerprint density at radius 2 is 0.852 bits per heavy atom. The number of nitrogens with zero attached hydrogens (tertiary/aromatic N) is 2. The van der Waals surface area contributed by atoms with E-state index in [1.54, 1.807) is 0 Å². The van der Waals surface area contributed by atoms with Gasteiger partial charge in [-0.15, -0.1) is 0 Å². The minimum atomic E-state index is 1.10. The molecule has 2 nitrogen and oxygen atoms in total. The summed E-state index contributed by atoms with van der Waals surface area (Å²) in [5, 5.41) is 4.97. The number of benzene rings is 9. The van der Waals surface area contributed by atoms with E-state index in [0.29, 0.717) is 0 Å². The summed E-state index contributed by atoms with van der Waals surface area (Å²) in [6.45, 7) is 0. The van der Waals surface area contributed by atoms with Crippen LogP contribution in [0, 0.1) is 0 Å². The molecule has 0 spiro atoms. The van der Waals surface area contributed by atoms with Gasteiger partial charge in [0, 0.05) is 33.5 Å². The number of para-hydroxylation sites is 1. The molecular weight excluding hydrogens is 653 g/mol. The van der Waals surface area contributed by atoms with Gasteiger partial charge < -0.3 is 9.47 Å². The molecule has 2 heteroatoms. The van der Waals surface area contributed by atoms with Gasteiger partial charge >= 0.3 is 0 Å². The third kappa shape index (κ3) is 5.62. The Morgan fingerprint density at radius 3 is 1.54 bits per heavy atom. The molecule has 0 N–H and O–H groups in total. The van der Waals surface area contributed by atoms with E-state index in [1.807, 2.05) is 0 Å². The zero-order chi connectivity index (χ0) is 35.8. The van der Waals surface area contributed by atoms with Crippen molar-refractivity contribution in [1.29, 1.82) is 0 Å². The molecule has 0 radical (unpaired) electrons. The van der Waals surface area contributed by atoms with Gasteiger partial charge in [0.25, 0.3) is 0 Å². The summed E-state index contributed by atoms with van der Waals surface area (Å²) >= 11 is 0. The van der Waals surface area contributed by atoms with Gasteiger partial charge in [-0.3, -0.25) is 0 Å². The fourth-order valence-electron chi connectivity index (χ4n) is 7.98. The molecule has 0 amide bonds. The van der Waals surface area contributed by atoms with Gasteiger partial charge in [0.1, 0.15) is 0 Å². The molecule has 0 unspecified atom stereocenters. The van der Waals surface area contributed by atoms with Crippen molar-refractivity contribution in [3.8, 4) is 39.1 Å². The normalized spacial score (nSPS) is 11.3. The monoisotopic (exact) mass is 688 g/mol. The van der Waals surface area contributed by atoms with Crippen LogP contribution in [0.2, 0.25) is 0 Å². The summed E-state index contributed by atoms with van der Waals surface area (Å²) < 4.78 is 2.42. The zero-order valence-electron chi connectivity index (χ0n) is 29.7. The van der Waals surface area contributed by atoms with Crippen LogP contribution in [0.5, 0.6) is 0 Å². The van der Waals surface area contributed by atoms with Crippen LogP contribution in [0.15, 0.2) is 218 Å². The van der Waals surface area contributed by atoms with E-state index in [2.05, 4.69) is 228 Å². The van der Waals surface area contributed by atoms with Crippen LogP contribution in [0.25, 0.3) is 71.6 Å². The van der Waals surface area contributed by atoms with Gasteiger partial charge in [-0.25, -0.2) is 0 Å². The predicted molar refractivity (Wildman–Crippen MR) is 229 cm³/mol. The van der Waals surface area contributed by atoms with Crippen molar-refractivity contribution in [2.24, 2.45) is 0 Å². The Labute approximate surface area is 315 Å². The third-order valence-corrected chi connectivity index (χ3v) is 10.6. The van der Waals surface area contributed by atoms with E-state index in [9.17, 15) is 0 Å². The zero-order valence-corrected chi connectivity index (χ0v) is 29.7. The van der Waals surface area contributed by atoms with Gasteiger partial charge in [-0.2, -0.15) is 0 Å². The van der Waals surface area contributed by atoms with Crippen molar-refractivity contribution >= 4 is 49.6 Å². The topological polar surface area (TPSA) is 8.17 Å². The lowest BCUT2D eigenvalue weighted by Crippen LogP contribution is -2.10. The molecule has 0 saturated carbocycles. The highest BCUT2D eigenvalue weighted by Gasteiger charge is 2.18. The smallest absolute Gasteiger partial charge is 0.0547 e. The highest BCUT2D eigenvalue weighted by atomic mass is 15.1. The Hall–Kier alpha value is -7.16. The molecule has 0 aliphatic rings. The first-order chi connectivity index (χ1) is 26.8. The maximum absolute atomic E-state index is 2.42. The third-order valence-electron chi connectivity index (χ3n) is 10.6. The Morgan fingerprint density at radius 1 is 0.315 bits per heavy atom. The standard InChI is InChI=1S/C52H36N2/c1-3-13-37(14-4-1)40-25-30-44(31-26-40)53(45-32-27-41(28-33-45)38-15-5-2-6-16-38)46-20-11-19-43(36-46)48-22-12-24-51-52(48)49-21-9-10-23-50(49)54(51)47-34-29-39-17-7-8-18-42(39)35-47/h1-36H. The van der Waals surface area contributed by atoms with Crippen molar-refractivity contribution in [3.05, 3.63) is 218 Å². The molecular formula is C52H36N2. The molecule has 1 heterocycles. The quantitative estimate of drug-likeness (QED) is 0.162. The van der Waals surface area contributed by atoms with E-state index in [0.717, 1.165) is 22.7 Å². The minimum absolute atomic E-state index is 1.10. The Bertz CT molecular complexity index is 2820. The lowest BCUT2D eigenvalue weighted by molar-refractivity contribution is 1.19. The van der Waals surface area contributed by atoms with Crippen LogP contribution in [-0.4, -0.2) is 4.57 Å². The molecule has 254 valence electrons. The number of aromatic nitrogens is 1. The van der Waals surface area contributed by atoms with Gasteiger partial charge in [0.15, 0.2) is 0 Å². The number of hydrogen-bond donors (Lipinski definition) is 0. The molecule has 0 aliphatic heterocycles. The molecule has 0 fully saturated rings. The molecule has 9 aromatic carbocycles. The lowest BCUT2D eigenvalue weighted by Gasteiger charge is -2.26. The second-order valence-electron chi connectivity index (χ2n) is 13.8. The number of anilines is 3. The van der Waals surface area contributed by atoms with E-state index in [4.69, 9.17) is 0 Å². The van der Waals surface area contributed by atoms with Crippen molar-refractivity contribution in [2.45, 2.75) is 0 Å². The average Bonchev–Trinajstić information content (AvgIpc) is 3.59. The second kappa shape index (κ2) is 13.4. The van der Waals surface area contributed by atoms with Gasteiger partial charge in [0.2, 0.25) is 0 Å². The Kier molecular flexibility index (Phi) is 7.85. The first-order valence-electron chi connectivity index (χ1n) is 18.5. The summed E-state index contributed by atoms with van der Waals surface area (Å²) in [4.78, 5) is 2.37. The molecule has 1 aromatic heterocycles. The lowest BCUT2D eigenvalue weighted by atomic mass is 9.98. The van der Waals surface area contributed by atoms with Crippen molar-refractivity contribution in [1.82, 2.24) is 4.57 Å². The van der Waals surface area contributed by atoms with E-state index in [1.165, 1.54) is 66.0 Å². The van der Waals surface area contributed by atoms with Gasteiger partial charge in [0.05, 0.1) is 11.0 Å². The van der Waals surface area contributed by atoms with Crippen LogP contribution >= 0.6 is 0 Å². The molecule has 10 rings (SSSR count). The summed E-state index contributed by atoms with van der Waals surface area (Å²) in [7, 11) is 0. The summed E-state index contributed by atoms with van der Waals surface area (Å²) in [6, 6.07) is 78.9. The van der Waals surface area contributed by atoms with E-state index >= 15 is 0 Å². The second-order valence-corrected chi connectivity index (χ2v) is 13.8. The first-order valence-corrected chi connectivity index (χ1v) is 18.5. The van der Waals surface area contributed by atoms with Crippen molar-refractivity contribution in [2.75, 3.05) is 4.90 Å². The first kappa shape index (κ1) is 31.6. The van der Waals surface area contributed by atoms with Crippen LogP contribution in [-0.2, 0) is 0 Å². The predicted octanol–water partition coefficient (Wildman–Crippen LogP) is 14.4. The molecule has 10 aromatic rings. The van der Waals surface area contributed by atoms with E-state index < -0.39 is 0 Å². The largest absolute Gasteiger partial charge is 0.310 e. The minimum Gasteiger partial charge on any atom is -0.310 e. The molecule has 0 saturated heterocycles. The summed E-state index contributed by atoms with van der Waals surface area (Å²) in [5.41, 5.74) is 14.1. The highest BCUT2D eigenvalue weighted by molar-refractivity contribution is 6.16. The molecule has 0 bridgehead atoms. The van der Waals surface area contributed by atoms with Gasteiger partial charge in [-0.1, -0.05) is 158 Å².